The number of benzene rings is 1. The lowest BCUT2D eigenvalue weighted by molar-refractivity contribution is -0.140. The van der Waals surface area contributed by atoms with Crippen molar-refractivity contribution >= 4 is 23.4 Å². The molecule has 0 bridgehead atoms. The van der Waals surface area contributed by atoms with E-state index in [0.717, 1.165) is 0 Å². The second-order valence-electron chi connectivity index (χ2n) is 4.77. The molecule has 1 aliphatic rings. The number of carbonyl (C=O) groups excluding carboxylic acids is 2. The number of piperidine rings is 1. The van der Waals surface area contributed by atoms with Crippen molar-refractivity contribution in [2.75, 3.05) is 0 Å². The number of imide groups is 1. The molecule has 2 rings (SSSR count). The SMILES string of the molecule is CC1(c2cccc(Cl)c2)[C@@H](C#N)C(=O)NC(=O)[C@@H]1C#N. The number of hydrogen-bond donors (Lipinski definition) is 1. The first-order valence-corrected chi connectivity index (χ1v) is 6.23. The summed E-state index contributed by atoms with van der Waals surface area (Å²) in [5, 5.41) is 21.0. The summed E-state index contributed by atoms with van der Waals surface area (Å²) in [7, 11) is 0. The van der Waals surface area contributed by atoms with Gasteiger partial charge >= 0.3 is 0 Å². The summed E-state index contributed by atoms with van der Waals surface area (Å²) >= 11 is 5.93. The van der Waals surface area contributed by atoms with Crippen LogP contribution in [0.1, 0.15) is 12.5 Å². The Bertz CT molecular complexity index is 640. The number of nitrogens with one attached hydrogen (secondary N) is 1. The predicted octanol–water partition coefficient (Wildman–Crippen LogP) is 1.53. The van der Waals surface area contributed by atoms with Gasteiger partial charge in [-0.05, 0) is 17.7 Å². The molecule has 1 N–H and O–H groups in total. The van der Waals surface area contributed by atoms with Crippen LogP contribution < -0.4 is 5.32 Å². The number of carbonyl (C=O) groups is 2. The third-order valence-corrected chi connectivity index (χ3v) is 3.91. The van der Waals surface area contributed by atoms with E-state index in [1.54, 1.807) is 31.2 Å². The van der Waals surface area contributed by atoms with E-state index in [4.69, 9.17) is 11.6 Å². The van der Waals surface area contributed by atoms with Crippen molar-refractivity contribution in [3.8, 4) is 12.1 Å². The summed E-state index contributed by atoms with van der Waals surface area (Å²) in [6.45, 7) is 1.57. The van der Waals surface area contributed by atoms with Crippen LogP contribution in [0.2, 0.25) is 5.02 Å². The maximum absolute atomic E-state index is 11.9. The Hall–Kier alpha value is -2.37. The van der Waals surface area contributed by atoms with Crippen LogP contribution in [0.25, 0.3) is 0 Å². The molecule has 2 amide bonds. The van der Waals surface area contributed by atoms with Crippen LogP contribution in [0.4, 0.5) is 0 Å². The average Bonchev–Trinajstić information content (AvgIpc) is 2.39. The number of nitrogens with zero attached hydrogens (tertiary/aromatic N) is 2. The number of nitriles is 2. The van der Waals surface area contributed by atoms with Crippen LogP contribution in [0, 0.1) is 34.5 Å². The Morgan fingerprint density at radius 3 is 2.20 bits per heavy atom. The molecule has 1 fully saturated rings. The summed E-state index contributed by atoms with van der Waals surface area (Å²) in [5.74, 6) is -3.65. The first-order chi connectivity index (χ1) is 9.44. The van der Waals surface area contributed by atoms with Crippen molar-refractivity contribution < 1.29 is 9.59 Å². The molecular formula is C14H10ClN3O2. The van der Waals surface area contributed by atoms with Gasteiger partial charge in [-0.25, -0.2) is 0 Å². The Morgan fingerprint density at radius 2 is 1.75 bits per heavy atom. The highest BCUT2D eigenvalue weighted by Crippen LogP contribution is 2.42. The lowest BCUT2D eigenvalue weighted by atomic mass is 9.62. The van der Waals surface area contributed by atoms with Gasteiger partial charge in [-0.2, -0.15) is 10.5 Å². The minimum atomic E-state index is -1.23. The standard InChI is InChI=1S/C14H10ClN3O2/c1-14(8-3-2-4-9(15)5-8)10(6-16)12(19)18-13(20)11(14)7-17/h2-5,10-11H,1H3,(H,18,19,20)/t10-,11-/m0/s1. The lowest BCUT2D eigenvalue weighted by Gasteiger charge is -2.40. The molecule has 1 aromatic rings. The third-order valence-electron chi connectivity index (χ3n) is 3.67. The Kier molecular flexibility index (Phi) is 3.48. The molecule has 0 spiro atoms. The minimum absolute atomic E-state index is 0.413. The molecule has 100 valence electrons. The maximum Gasteiger partial charge on any atom is 0.244 e. The molecule has 1 saturated heterocycles. The molecule has 5 nitrogen and oxygen atoms in total. The largest absolute Gasteiger partial charge is 0.294 e. The highest BCUT2D eigenvalue weighted by molar-refractivity contribution is 6.30. The van der Waals surface area contributed by atoms with Gasteiger partial charge in [0.15, 0.2) is 0 Å². The predicted molar refractivity (Wildman–Crippen MR) is 70.2 cm³/mol. The van der Waals surface area contributed by atoms with E-state index in [-0.39, 0.29) is 0 Å². The van der Waals surface area contributed by atoms with E-state index in [1.807, 2.05) is 12.1 Å². The van der Waals surface area contributed by atoms with E-state index in [9.17, 15) is 20.1 Å². The van der Waals surface area contributed by atoms with Crippen LogP contribution in [0.3, 0.4) is 0 Å². The van der Waals surface area contributed by atoms with Crippen molar-refractivity contribution in [1.29, 1.82) is 10.5 Å². The van der Waals surface area contributed by atoms with Crippen LogP contribution in [0.15, 0.2) is 24.3 Å². The van der Waals surface area contributed by atoms with E-state index in [0.29, 0.717) is 10.6 Å². The molecule has 1 aromatic carbocycles. The van der Waals surface area contributed by atoms with E-state index in [1.165, 1.54) is 0 Å². The van der Waals surface area contributed by atoms with Gasteiger partial charge in [-0.3, -0.25) is 14.9 Å². The number of hydrogen-bond acceptors (Lipinski definition) is 4. The molecule has 0 saturated carbocycles. The Morgan fingerprint density at radius 1 is 1.20 bits per heavy atom. The second kappa shape index (κ2) is 4.96. The van der Waals surface area contributed by atoms with Crippen LogP contribution in [-0.4, -0.2) is 11.8 Å². The zero-order chi connectivity index (χ0) is 14.9. The molecule has 0 aromatic heterocycles. The summed E-state index contributed by atoms with van der Waals surface area (Å²) in [6.07, 6.45) is 0. The fraction of sp³-hybridized carbons (Fsp3) is 0.286. The van der Waals surface area contributed by atoms with Crippen LogP contribution in [0.5, 0.6) is 0 Å². The van der Waals surface area contributed by atoms with Crippen molar-refractivity contribution in [3.63, 3.8) is 0 Å². The van der Waals surface area contributed by atoms with Gasteiger partial charge < -0.3 is 0 Å². The fourth-order valence-electron chi connectivity index (χ4n) is 2.52. The smallest absolute Gasteiger partial charge is 0.244 e. The monoisotopic (exact) mass is 287 g/mol. The highest BCUT2D eigenvalue weighted by Gasteiger charge is 2.54. The third kappa shape index (κ3) is 1.93. The van der Waals surface area contributed by atoms with Crippen molar-refractivity contribution in [2.45, 2.75) is 12.3 Å². The molecule has 6 heteroatoms. The summed E-state index contributed by atoms with van der Waals surface area (Å²) in [4.78, 5) is 23.7. The first kappa shape index (κ1) is 14.0. The average molecular weight is 288 g/mol. The van der Waals surface area contributed by atoms with E-state index in [2.05, 4.69) is 5.32 Å². The topological polar surface area (TPSA) is 93.8 Å². The number of rotatable bonds is 1. The summed E-state index contributed by atoms with van der Waals surface area (Å²) in [5.41, 5.74) is -0.709. The number of halogens is 1. The lowest BCUT2D eigenvalue weighted by Crippen LogP contribution is -2.58. The molecule has 0 unspecified atom stereocenters. The van der Waals surface area contributed by atoms with Gasteiger partial charge in [-0.15, -0.1) is 0 Å². The van der Waals surface area contributed by atoms with Gasteiger partial charge in [-0.1, -0.05) is 30.7 Å². The first-order valence-electron chi connectivity index (χ1n) is 5.85. The summed E-state index contributed by atoms with van der Waals surface area (Å²) in [6, 6.07) is 10.3. The van der Waals surface area contributed by atoms with Crippen molar-refractivity contribution in [3.05, 3.63) is 34.9 Å². The zero-order valence-corrected chi connectivity index (χ0v) is 11.3. The molecule has 0 radical (unpaired) electrons. The van der Waals surface area contributed by atoms with Gasteiger partial charge in [0.05, 0.1) is 12.1 Å². The maximum atomic E-state index is 11.9. The van der Waals surface area contributed by atoms with Crippen molar-refractivity contribution in [2.24, 2.45) is 11.8 Å². The molecule has 2 atom stereocenters. The van der Waals surface area contributed by atoms with Gasteiger partial charge in [0, 0.05) is 10.4 Å². The Balaban J connectivity index is 2.68. The molecule has 0 aliphatic carbocycles. The minimum Gasteiger partial charge on any atom is -0.294 e. The zero-order valence-electron chi connectivity index (χ0n) is 10.6. The van der Waals surface area contributed by atoms with E-state index < -0.39 is 29.1 Å². The second-order valence-corrected chi connectivity index (χ2v) is 5.21. The van der Waals surface area contributed by atoms with Crippen molar-refractivity contribution in [1.82, 2.24) is 5.32 Å². The van der Waals surface area contributed by atoms with Gasteiger partial charge in [0.1, 0.15) is 11.8 Å². The quantitative estimate of drug-likeness (QED) is 0.793. The number of amides is 2. The van der Waals surface area contributed by atoms with E-state index >= 15 is 0 Å². The van der Waals surface area contributed by atoms with Crippen LogP contribution >= 0.6 is 11.6 Å². The molecule has 1 heterocycles. The molecule has 20 heavy (non-hydrogen) atoms. The molecular weight excluding hydrogens is 278 g/mol. The fourth-order valence-corrected chi connectivity index (χ4v) is 2.71. The Labute approximate surface area is 120 Å². The summed E-state index contributed by atoms with van der Waals surface area (Å²) < 4.78 is 0. The molecule has 1 aliphatic heterocycles. The normalized spacial score (nSPS) is 24.4. The van der Waals surface area contributed by atoms with Gasteiger partial charge in [0.25, 0.3) is 0 Å². The van der Waals surface area contributed by atoms with Gasteiger partial charge in [0.2, 0.25) is 11.8 Å². The van der Waals surface area contributed by atoms with Crippen LogP contribution in [-0.2, 0) is 15.0 Å². The highest BCUT2D eigenvalue weighted by atomic mass is 35.5.